The number of hydrogen-bond acceptors (Lipinski definition) is 4. The number of likely N-dealkylation sites (N-methyl/N-ethyl adjacent to an activating group) is 1. The molecule has 0 aromatic carbocycles. The van der Waals surface area contributed by atoms with Gasteiger partial charge in [-0.05, 0) is 27.4 Å². The zero-order valence-corrected chi connectivity index (χ0v) is 7.77. The number of rotatable bonds is 1. The normalized spacial score (nSPS) is 43.5. The molecule has 0 saturated carbocycles. The lowest BCUT2D eigenvalue weighted by atomic mass is 9.99. The predicted octanol–water partition coefficient (Wildman–Crippen LogP) is -0.595. The third-order valence-corrected chi connectivity index (χ3v) is 2.29. The third-order valence-electron chi connectivity index (χ3n) is 2.29. The van der Waals surface area contributed by atoms with Crippen LogP contribution < -0.4 is 0 Å². The van der Waals surface area contributed by atoms with E-state index < -0.39 is 12.4 Å². The van der Waals surface area contributed by atoms with E-state index in [4.69, 9.17) is 4.74 Å². The molecule has 0 bridgehead atoms. The van der Waals surface area contributed by atoms with Gasteiger partial charge in [0.25, 0.3) is 0 Å². The van der Waals surface area contributed by atoms with E-state index in [1.165, 1.54) is 0 Å². The van der Waals surface area contributed by atoms with Gasteiger partial charge in [0.15, 0.2) is 6.29 Å². The molecule has 4 nitrogen and oxygen atoms in total. The van der Waals surface area contributed by atoms with Crippen molar-refractivity contribution in [2.24, 2.45) is 0 Å². The lowest BCUT2D eigenvalue weighted by molar-refractivity contribution is -0.230. The average molecular weight is 175 g/mol. The minimum atomic E-state index is -1.04. The van der Waals surface area contributed by atoms with Crippen LogP contribution in [0.2, 0.25) is 0 Å². The Bertz CT molecular complexity index is 151. The lowest BCUT2D eigenvalue weighted by Crippen LogP contribution is -2.53. The maximum absolute atomic E-state index is 9.51. The van der Waals surface area contributed by atoms with Gasteiger partial charge in [0.05, 0.1) is 6.10 Å². The average Bonchev–Trinajstić information content (AvgIpc) is 1.96. The minimum Gasteiger partial charge on any atom is -0.386 e. The van der Waals surface area contributed by atoms with Gasteiger partial charge in [-0.1, -0.05) is 0 Å². The van der Waals surface area contributed by atoms with Gasteiger partial charge in [0.1, 0.15) is 6.10 Å². The van der Waals surface area contributed by atoms with E-state index in [1.54, 1.807) is 0 Å². The van der Waals surface area contributed by atoms with Crippen molar-refractivity contribution in [2.45, 2.75) is 37.9 Å². The summed E-state index contributed by atoms with van der Waals surface area (Å²) in [5, 5.41) is 18.8. The molecule has 0 radical (unpaired) electrons. The number of aliphatic hydroxyl groups excluding tert-OH is 2. The van der Waals surface area contributed by atoms with Crippen LogP contribution in [-0.4, -0.2) is 53.7 Å². The molecule has 0 spiro atoms. The van der Waals surface area contributed by atoms with Gasteiger partial charge in [0, 0.05) is 6.04 Å². The van der Waals surface area contributed by atoms with Crippen LogP contribution in [0.5, 0.6) is 0 Å². The van der Waals surface area contributed by atoms with Crippen molar-refractivity contribution in [3.8, 4) is 0 Å². The van der Waals surface area contributed by atoms with Crippen LogP contribution >= 0.6 is 0 Å². The highest BCUT2D eigenvalue weighted by atomic mass is 16.6. The fourth-order valence-electron chi connectivity index (χ4n) is 1.56. The fraction of sp³-hybridized carbons (Fsp3) is 1.00. The van der Waals surface area contributed by atoms with E-state index in [-0.39, 0.29) is 12.1 Å². The Hall–Kier alpha value is -0.160. The summed E-state index contributed by atoms with van der Waals surface area (Å²) in [6.07, 6.45) is -1.07. The van der Waals surface area contributed by atoms with Crippen molar-refractivity contribution >= 4 is 0 Å². The highest BCUT2D eigenvalue weighted by molar-refractivity contribution is 4.84. The Morgan fingerprint density at radius 1 is 1.33 bits per heavy atom. The number of aliphatic hydroxyl groups is 2. The molecular formula is C8H17NO3. The first-order valence-corrected chi connectivity index (χ1v) is 4.20. The summed E-state index contributed by atoms with van der Waals surface area (Å²) in [6, 6.07) is -0.0104. The molecule has 4 atom stereocenters. The Balaban J connectivity index is 2.60. The van der Waals surface area contributed by atoms with E-state index >= 15 is 0 Å². The molecule has 1 aliphatic rings. The van der Waals surface area contributed by atoms with E-state index in [2.05, 4.69) is 0 Å². The molecule has 4 heteroatoms. The summed E-state index contributed by atoms with van der Waals surface area (Å²) in [4.78, 5) is 1.91. The van der Waals surface area contributed by atoms with Crippen molar-refractivity contribution in [3.63, 3.8) is 0 Å². The molecule has 2 N–H and O–H groups in total. The maximum Gasteiger partial charge on any atom is 0.182 e. The Labute approximate surface area is 72.7 Å². The topological polar surface area (TPSA) is 52.9 Å². The van der Waals surface area contributed by atoms with Crippen molar-refractivity contribution in [2.75, 3.05) is 14.1 Å². The number of nitrogens with zero attached hydrogens (tertiary/aromatic N) is 1. The van der Waals surface area contributed by atoms with Crippen LogP contribution in [0.25, 0.3) is 0 Å². The summed E-state index contributed by atoms with van der Waals surface area (Å²) in [6.45, 7) is 1.89. The second kappa shape index (κ2) is 3.70. The van der Waals surface area contributed by atoms with Crippen LogP contribution in [0.4, 0.5) is 0 Å². The lowest BCUT2D eigenvalue weighted by Gasteiger charge is -2.38. The smallest absolute Gasteiger partial charge is 0.182 e. The number of hydrogen-bond donors (Lipinski definition) is 2. The van der Waals surface area contributed by atoms with Gasteiger partial charge in [-0.25, -0.2) is 0 Å². The SMILES string of the molecule is C[C@@H]1C[C@H](N(C)C)[C@@H](O)C(O)O1. The van der Waals surface area contributed by atoms with Crippen LogP contribution in [0.15, 0.2) is 0 Å². The first kappa shape index (κ1) is 9.92. The fourth-order valence-corrected chi connectivity index (χ4v) is 1.56. The summed E-state index contributed by atoms with van der Waals surface area (Å²) in [7, 11) is 3.78. The summed E-state index contributed by atoms with van der Waals surface area (Å²) in [5.41, 5.74) is 0. The largest absolute Gasteiger partial charge is 0.386 e. The van der Waals surface area contributed by atoms with E-state index in [0.29, 0.717) is 0 Å². The van der Waals surface area contributed by atoms with Crippen molar-refractivity contribution in [1.82, 2.24) is 4.90 Å². The minimum absolute atomic E-state index is 0.01000. The standard InChI is InChI=1S/C8H17NO3/c1-5-4-6(9(2)3)7(10)8(11)12-5/h5-8,10-11H,4H2,1-3H3/t5-,6+,7-,8?/m1/s1. The Kier molecular flexibility index (Phi) is 3.06. The zero-order valence-electron chi connectivity index (χ0n) is 7.77. The molecular weight excluding hydrogens is 158 g/mol. The molecule has 1 saturated heterocycles. The van der Waals surface area contributed by atoms with Crippen molar-refractivity contribution < 1.29 is 14.9 Å². The summed E-state index contributed by atoms with van der Waals surface area (Å²) < 4.78 is 5.06. The summed E-state index contributed by atoms with van der Waals surface area (Å²) >= 11 is 0. The van der Waals surface area contributed by atoms with Crippen LogP contribution in [-0.2, 0) is 4.74 Å². The molecule has 12 heavy (non-hydrogen) atoms. The summed E-state index contributed by atoms with van der Waals surface area (Å²) in [5.74, 6) is 0. The van der Waals surface area contributed by atoms with Gasteiger partial charge in [0.2, 0.25) is 0 Å². The molecule has 0 aromatic rings. The molecule has 0 aliphatic carbocycles. The highest BCUT2D eigenvalue weighted by Crippen LogP contribution is 2.21. The van der Waals surface area contributed by atoms with E-state index in [0.717, 1.165) is 6.42 Å². The van der Waals surface area contributed by atoms with Crippen molar-refractivity contribution in [1.29, 1.82) is 0 Å². The second-order valence-electron chi connectivity index (χ2n) is 3.59. The second-order valence-corrected chi connectivity index (χ2v) is 3.59. The molecule has 1 aliphatic heterocycles. The first-order valence-electron chi connectivity index (χ1n) is 4.20. The molecule has 72 valence electrons. The van der Waals surface area contributed by atoms with Crippen LogP contribution in [0, 0.1) is 0 Å². The maximum atomic E-state index is 9.51. The third kappa shape index (κ3) is 1.95. The zero-order chi connectivity index (χ0) is 9.30. The van der Waals surface area contributed by atoms with E-state index in [9.17, 15) is 10.2 Å². The van der Waals surface area contributed by atoms with Crippen LogP contribution in [0.1, 0.15) is 13.3 Å². The molecule has 1 fully saturated rings. The Morgan fingerprint density at radius 2 is 1.92 bits per heavy atom. The quantitative estimate of drug-likeness (QED) is 0.559. The van der Waals surface area contributed by atoms with Gasteiger partial charge in [-0.15, -0.1) is 0 Å². The highest BCUT2D eigenvalue weighted by Gasteiger charge is 2.35. The monoisotopic (exact) mass is 175 g/mol. The molecule has 1 heterocycles. The van der Waals surface area contributed by atoms with Gasteiger partial charge in [-0.3, -0.25) is 0 Å². The molecule has 1 rings (SSSR count). The molecule has 0 aromatic heterocycles. The first-order chi connectivity index (χ1) is 5.52. The van der Waals surface area contributed by atoms with E-state index in [1.807, 2.05) is 25.9 Å². The Morgan fingerprint density at radius 3 is 2.42 bits per heavy atom. The molecule has 1 unspecified atom stereocenters. The van der Waals surface area contributed by atoms with Gasteiger partial charge in [-0.2, -0.15) is 0 Å². The molecule has 0 amide bonds. The predicted molar refractivity (Wildman–Crippen MR) is 44.7 cm³/mol. The van der Waals surface area contributed by atoms with Gasteiger partial charge < -0.3 is 19.8 Å². The number of ether oxygens (including phenoxy) is 1. The van der Waals surface area contributed by atoms with Gasteiger partial charge >= 0.3 is 0 Å². The van der Waals surface area contributed by atoms with Crippen molar-refractivity contribution in [3.05, 3.63) is 0 Å². The van der Waals surface area contributed by atoms with Crippen LogP contribution in [0.3, 0.4) is 0 Å².